The third-order valence-corrected chi connectivity index (χ3v) is 6.56. The molecule has 0 atom stereocenters. The molecule has 0 unspecified atom stereocenters. The van der Waals surface area contributed by atoms with Crippen LogP contribution in [0.5, 0.6) is 0 Å². The predicted molar refractivity (Wildman–Crippen MR) is 124 cm³/mol. The van der Waals surface area contributed by atoms with Crippen molar-refractivity contribution in [2.75, 3.05) is 13.1 Å². The molecule has 3 heterocycles. The number of hydrogen-bond donors (Lipinski definition) is 2. The third kappa shape index (κ3) is 3.98. The van der Waals surface area contributed by atoms with E-state index in [1.54, 1.807) is 0 Å². The van der Waals surface area contributed by atoms with E-state index in [0.717, 1.165) is 24.5 Å². The highest BCUT2D eigenvalue weighted by molar-refractivity contribution is 5.92. The first-order chi connectivity index (χ1) is 13.9. The maximum Gasteiger partial charge on any atom is 0.0504 e. The van der Waals surface area contributed by atoms with Crippen molar-refractivity contribution in [2.45, 2.75) is 71.6 Å². The number of aromatic nitrogens is 2. The lowest BCUT2D eigenvalue weighted by Gasteiger charge is -2.27. The van der Waals surface area contributed by atoms with Crippen LogP contribution in [0.4, 0.5) is 0 Å². The summed E-state index contributed by atoms with van der Waals surface area (Å²) in [6.45, 7) is 13.5. The summed E-state index contributed by atoms with van der Waals surface area (Å²) >= 11 is 0. The molecule has 3 nitrogen and oxygen atoms in total. The average molecular weight is 390 g/mol. The molecule has 3 aromatic rings. The molecular formula is C26H35N3. The minimum absolute atomic E-state index is 0.111. The van der Waals surface area contributed by atoms with Crippen LogP contribution in [0.3, 0.4) is 0 Å². The maximum atomic E-state index is 4.60. The summed E-state index contributed by atoms with van der Waals surface area (Å²) in [6, 6.07) is 11.6. The molecule has 0 bridgehead atoms. The second-order valence-electron chi connectivity index (χ2n) is 9.48. The third-order valence-electron chi connectivity index (χ3n) is 6.56. The van der Waals surface area contributed by atoms with Gasteiger partial charge in [-0.2, -0.15) is 0 Å². The van der Waals surface area contributed by atoms with Gasteiger partial charge in [-0.05, 0) is 92.9 Å². The number of benzene rings is 1. The van der Waals surface area contributed by atoms with Crippen molar-refractivity contribution in [3.8, 4) is 11.3 Å². The molecule has 154 valence electrons. The van der Waals surface area contributed by atoms with Crippen molar-refractivity contribution >= 4 is 10.9 Å². The van der Waals surface area contributed by atoms with Gasteiger partial charge in [-0.3, -0.25) is 4.98 Å². The Kier molecular flexibility index (Phi) is 5.52. The number of piperidine rings is 1. The second-order valence-corrected chi connectivity index (χ2v) is 9.48. The van der Waals surface area contributed by atoms with Gasteiger partial charge in [0.25, 0.3) is 0 Å². The van der Waals surface area contributed by atoms with Crippen LogP contribution in [-0.2, 0) is 5.41 Å². The number of hydrogen-bond acceptors (Lipinski definition) is 2. The monoisotopic (exact) mass is 389 g/mol. The molecular weight excluding hydrogens is 354 g/mol. The first-order valence-corrected chi connectivity index (χ1v) is 11.2. The van der Waals surface area contributed by atoms with Crippen molar-refractivity contribution in [3.63, 3.8) is 0 Å². The van der Waals surface area contributed by atoms with Crippen LogP contribution in [0.1, 0.15) is 74.9 Å². The number of nitrogens with one attached hydrogen (secondary N) is 2. The molecule has 0 saturated carbocycles. The molecule has 1 fully saturated rings. The van der Waals surface area contributed by atoms with Crippen LogP contribution < -0.4 is 5.32 Å². The van der Waals surface area contributed by atoms with E-state index in [0.29, 0.717) is 5.92 Å². The Balaban J connectivity index is 1.92. The maximum absolute atomic E-state index is 4.60. The molecule has 29 heavy (non-hydrogen) atoms. The number of H-pyrrole nitrogens is 1. The van der Waals surface area contributed by atoms with Gasteiger partial charge in [0.2, 0.25) is 0 Å². The molecule has 0 spiro atoms. The zero-order chi connectivity index (χ0) is 20.6. The Morgan fingerprint density at radius 3 is 2.38 bits per heavy atom. The van der Waals surface area contributed by atoms with E-state index in [1.165, 1.54) is 59.0 Å². The van der Waals surface area contributed by atoms with Gasteiger partial charge < -0.3 is 10.3 Å². The van der Waals surface area contributed by atoms with Crippen LogP contribution in [0, 0.1) is 13.8 Å². The minimum Gasteiger partial charge on any atom is -0.354 e. The normalized spacial score (nSPS) is 15.9. The Labute approximate surface area is 175 Å². The Morgan fingerprint density at radius 1 is 1.03 bits per heavy atom. The molecule has 1 aromatic carbocycles. The van der Waals surface area contributed by atoms with Crippen LogP contribution in [0.15, 0.2) is 30.3 Å². The fourth-order valence-electron chi connectivity index (χ4n) is 5.27. The lowest BCUT2D eigenvalue weighted by Crippen LogP contribution is -2.26. The smallest absolute Gasteiger partial charge is 0.0504 e. The quantitative estimate of drug-likeness (QED) is 0.531. The highest BCUT2D eigenvalue weighted by atomic mass is 14.9. The molecule has 0 amide bonds. The van der Waals surface area contributed by atoms with Crippen molar-refractivity contribution in [3.05, 3.63) is 52.8 Å². The molecule has 3 heteroatoms. The van der Waals surface area contributed by atoms with Crippen molar-refractivity contribution in [1.82, 2.24) is 15.3 Å². The standard InChI is InChI=1S/C26H35N3/c1-6-11-26(4,5)24-22-16-20(19-9-12-27-13-10-19)7-8-23(22)29-25(24)21-14-17(2)28-18(3)15-21/h7-8,14-16,19,27,29H,6,9-13H2,1-5H3. The van der Waals surface area contributed by atoms with Crippen molar-refractivity contribution in [1.29, 1.82) is 0 Å². The summed E-state index contributed by atoms with van der Waals surface area (Å²) in [5, 5.41) is 4.90. The number of rotatable bonds is 5. The molecule has 0 aliphatic carbocycles. The van der Waals surface area contributed by atoms with E-state index in [-0.39, 0.29) is 5.41 Å². The summed E-state index contributed by atoms with van der Waals surface area (Å²) in [5.41, 5.74) is 9.02. The highest BCUT2D eigenvalue weighted by Crippen LogP contribution is 2.42. The van der Waals surface area contributed by atoms with E-state index in [1.807, 2.05) is 0 Å². The number of aromatic amines is 1. The Hall–Kier alpha value is -2.13. The number of fused-ring (bicyclic) bond motifs is 1. The molecule has 0 radical (unpaired) electrons. The predicted octanol–water partition coefficient (Wildman–Crippen LogP) is 6.39. The van der Waals surface area contributed by atoms with Gasteiger partial charge in [-0.1, -0.05) is 33.3 Å². The van der Waals surface area contributed by atoms with Gasteiger partial charge in [0.1, 0.15) is 0 Å². The fraction of sp³-hybridized carbons (Fsp3) is 0.500. The van der Waals surface area contributed by atoms with Crippen LogP contribution in [0.25, 0.3) is 22.2 Å². The molecule has 2 N–H and O–H groups in total. The summed E-state index contributed by atoms with van der Waals surface area (Å²) in [4.78, 5) is 8.39. The van der Waals surface area contributed by atoms with E-state index < -0.39 is 0 Å². The fourth-order valence-corrected chi connectivity index (χ4v) is 5.27. The van der Waals surface area contributed by atoms with Crippen LogP contribution in [0.2, 0.25) is 0 Å². The molecule has 2 aromatic heterocycles. The van der Waals surface area contributed by atoms with Gasteiger partial charge in [0, 0.05) is 27.9 Å². The van der Waals surface area contributed by atoms with Gasteiger partial charge in [0.15, 0.2) is 0 Å². The van der Waals surface area contributed by atoms with E-state index in [9.17, 15) is 0 Å². The zero-order valence-corrected chi connectivity index (χ0v) is 18.7. The SMILES string of the molecule is CCCC(C)(C)c1c(-c2cc(C)nc(C)c2)[nH]c2ccc(C3CCNCC3)cc12. The first kappa shape index (κ1) is 20.2. The van der Waals surface area contributed by atoms with Crippen molar-refractivity contribution < 1.29 is 0 Å². The lowest BCUT2D eigenvalue weighted by molar-refractivity contribution is 0.460. The van der Waals surface area contributed by atoms with Gasteiger partial charge >= 0.3 is 0 Å². The van der Waals surface area contributed by atoms with E-state index in [4.69, 9.17) is 0 Å². The highest BCUT2D eigenvalue weighted by Gasteiger charge is 2.28. The van der Waals surface area contributed by atoms with Crippen molar-refractivity contribution in [2.24, 2.45) is 0 Å². The van der Waals surface area contributed by atoms with E-state index >= 15 is 0 Å². The van der Waals surface area contributed by atoms with E-state index in [2.05, 4.69) is 80.2 Å². The van der Waals surface area contributed by atoms with Crippen LogP contribution >= 0.6 is 0 Å². The van der Waals surface area contributed by atoms with Gasteiger partial charge in [0.05, 0.1) is 5.69 Å². The largest absolute Gasteiger partial charge is 0.354 e. The Bertz CT molecular complexity index is 986. The van der Waals surface area contributed by atoms with Gasteiger partial charge in [-0.25, -0.2) is 0 Å². The lowest BCUT2D eigenvalue weighted by atomic mass is 9.77. The number of nitrogens with zero attached hydrogens (tertiary/aromatic N) is 1. The molecule has 1 saturated heterocycles. The summed E-state index contributed by atoms with van der Waals surface area (Å²) in [5.74, 6) is 0.673. The number of pyridine rings is 1. The summed E-state index contributed by atoms with van der Waals surface area (Å²) in [6.07, 6.45) is 4.83. The Morgan fingerprint density at radius 2 is 1.72 bits per heavy atom. The molecule has 1 aliphatic rings. The van der Waals surface area contributed by atoms with Crippen LogP contribution in [-0.4, -0.2) is 23.1 Å². The topological polar surface area (TPSA) is 40.7 Å². The summed E-state index contributed by atoms with van der Waals surface area (Å²) < 4.78 is 0. The average Bonchev–Trinajstić information content (AvgIpc) is 3.07. The minimum atomic E-state index is 0.111. The van der Waals surface area contributed by atoms with Gasteiger partial charge in [-0.15, -0.1) is 0 Å². The zero-order valence-electron chi connectivity index (χ0n) is 18.7. The number of aryl methyl sites for hydroxylation is 2. The molecule has 1 aliphatic heterocycles. The molecule has 4 rings (SSSR count). The second kappa shape index (κ2) is 7.95. The summed E-state index contributed by atoms with van der Waals surface area (Å²) in [7, 11) is 0. The first-order valence-electron chi connectivity index (χ1n) is 11.2.